The van der Waals surface area contributed by atoms with Gasteiger partial charge in [0.05, 0.1) is 11.5 Å². The highest BCUT2D eigenvalue weighted by Crippen LogP contribution is 2.21. The molecule has 0 bridgehead atoms. The monoisotopic (exact) mass is 369 g/mol. The topological polar surface area (TPSA) is 52.6 Å². The summed E-state index contributed by atoms with van der Waals surface area (Å²) >= 11 is 5.61. The highest BCUT2D eigenvalue weighted by molar-refractivity contribution is 7.91. The Bertz CT molecular complexity index is 674. The second kappa shape index (κ2) is 8.27. The molecule has 1 aliphatic heterocycles. The standard InChI is InChI=1S/C17H27N3O2S2/c1-14-7-4-5-8-16(14)18-17(23)20(11-6-10-19(2)3)15-9-12-24(21,22)13-15/h4-5,7-8,15H,6,9-13H2,1-3H3,(H,18,23)/t15-/m0/s1. The van der Waals surface area contributed by atoms with Crippen LogP contribution in [0, 0.1) is 6.92 Å². The van der Waals surface area contributed by atoms with E-state index in [0.717, 1.165) is 30.8 Å². The second-order valence-corrected chi connectivity index (χ2v) is 9.27. The van der Waals surface area contributed by atoms with E-state index in [-0.39, 0.29) is 17.5 Å². The predicted molar refractivity (Wildman–Crippen MR) is 104 cm³/mol. The van der Waals surface area contributed by atoms with E-state index in [1.807, 2.05) is 45.3 Å². The molecule has 0 aliphatic carbocycles. The molecular formula is C17H27N3O2S2. The van der Waals surface area contributed by atoms with Gasteiger partial charge in [0.15, 0.2) is 14.9 Å². The van der Waals surface area contributed by atoms with E-state index in [1.54, 1.807) is 0 Å². The molecule has 1 N–H and O–H groups in total. The van der Waals surface area contributed by atoms with Crippen molar-refractivity contribution in [1.82, 2.24) is 9.80 Å². The number of benzene rings is 1. The summed E-state index contributed by atoms with van der Waals surface area (Å²) in [7, 11) is 1.14. The van der Waals surface area contributed by atoms with Crippen LogP contribution < -0.4 is 5.32 Å². The number of aryl methyl sites for hydroxylation is 1. The van der Waals surface area contributed by atoms with Crippen molar-refractivity contribution >= 4 is 32.9 Å². The fraction of sp³-hybridized carbons (Fsp3) is 0.588. The van der Waals surface area contributed by atoms with Crippen LogP contribution in [0.25, 0.3) is 0 Å². The lowest BCUT2D eigenvalue weighted by atomic mass is 10.2. The number of sulfone groups is 1. The Morgan fingerprint density at radius 2 is 2.00 bits per heavy atom. The molecule has 0 spiro atoms. The fourth-order valence-corrected chi connectivity index (χ4v) is 5.01. The molecular weight excluding hydrogens is 342 g/mol. The fourth-order valence-electron chi connectivity index (χ4n) is 2.93. The molecule has 1 heterocycles. The van der Waals surface area contributed by atoms with Gasteiger partial charge in [0.2, 0.25) is 0 Å². The SMILES string of the molecule is Cc1ccccc1NC(=S)N(CCCN(C)C)[C@H]1CCS(=O)(=O)C1. The molecule has 0 unspecified atom stereocenters. The van der Waals surface area contributed by atoms with Gasteiger partial charge in [-0.3, -0.25) is 0 Å². The van der Waals surface area contributed by atoms with Gasteiger partial charge in [-0.15, -0.1) is 0 Å². The molecule has 0 aromatic heterocycles. The largest absolute Gasteiger partial charge is 0.345 e. The Labute approximate surface area is 150 Å². The first-order chi connectivity index (χ1) is 11.3. The zero-order valence-electron chi connectivity index (χ0n) is 14.7. The zero-order chi connectivity index (χ0) is 17.7. The van der Waals surface area contributed by atoms with Crippen LogP contribution in [0.1, 0.15) is 18.4 Å². The molecule has 1 aromatic rings. The highest BCUT2D eigenvalue weighted by atomic mass is 32.2. The number of thiocarbonyl (C=S) groups is 1. The first-order valence-corrected chi connectivity index (χ1v) is 10.5. The van der Waals surface area contributed by atoms with E-state index in [0.29, 0.717) is 11.5 Å². The summed E-state index contributed by atoms with van der Waals surface area (Å²) in [5.74, 6) is 0.458. The van der Waals surface area contributed by atoms with Crippen molar-refractivity contribution in [3.63, 3.8) is 0 Å². The molecule has 1 atom stereocenters. The molecule has 0 saturated carbocycles. The Balaban J connectivity index is 2.09. The summed E-state index contributed by atoms with van der Waals surface area (Å²) in [6.07, 6.45) is 1.60. The lowest BCUT2D eigenvalue weighted by molar-refractivity contribution is 0.306. The van der Waals surface area contributed by atoms with Gasteiger partial charge in [-0.25, -0.2) is 8.42 Å². The lowest BCUT2D eigenvalue weighted by Gasteiger charge is -2.31. The van der Waals surface area contributed by atoms with Gasteiger partial charge < -0.3 is 15.1 Å². The normalized spacial score (nSPS) is 19.4. The van der Waals surface area contributed by atoms with Crippen molar-refractivity contribution in [2.75, 3.05) is 44.0 Å². The van der Waals surface area contributed by atoms with Crippen molar-refractivity contribution in [2.24, 2.45) is 0 Å². The zero-order valence-corrected chi connectivity index (χ0v) is 16.3. The molecule has 0 amide bonds. The van der Waals surface area contributed by atoms with E-state index in [1.165, 1.54) is 0 Å². The van der Waals surface area contributed by atoms with Crippen LogP contribution in [0.15, 0.2) is 24.3 Å². The van der Waals surface area contributed by atoms with E-state index >= 15 is 0 Å². The number of rotatable bonds is 6. The van der Waals surface area contributed by atoms with Gasteiger partial charge in [0.25, 0.3) is 0 Å². The second-order valence-electron chi connectivity index (χ2n) is 6.65. The van der Waals surface area contributed by atoms with Crippen molar-refractivity contribution in [2.45, 2.75) is 25.8 Å². The Kier molecular flexibility index (Phi) is 6.60. The maximum absolute atomic E-state index is 11.9. The predicted octanol–water partition coefficient (Wildman–Crippen LogP) is 2.13. The van der Waals surface area contributed by atoms with Crippen LogP contribution in [0.3, 0.4) is 0 Å². The highest BCUT2D eigenvalue weighted by Gasteiger charge is 2.33. The summed E-state index contributed by atoms with van der Waals surface area (Å²) < 4.78 is 23.7. The van der Waals surface area contributed by atoms with Crippen molar-refractivity contribution in [1.29, 1.82) is 0 Å². The molecule has 134 valence electrons. The van der Waals surface area contributed by atoms with Crippen LogP contribution in [0.5, 0.6) is 0 Å². The molecule has 1 fully saturated rings. The van der Waals surface area contributed by atoms with Crippen molar-refractivity contribution in [3.05, 3.63) is 29.8 Å². The van der Waals surface area contributed by atoms with Crippen molar-refractivity contribution < 1.29 is 8.42 Å². The van der Waals surface area contributed by atoms with E-state index in [4.69, 9.17) is 12.2 Å². The quantitative estimate of drug-likeness (QED) is 0.776. The van der Waals surface area contributed by atoms with Crippen LogP contribution >= 0.6 is 12.2 Å². The van der Waals surface area contributed by atoms with E-state index < -0.39 is 9.84 Å². The third-order valence-electron chi connectivity index (χ3n) is 4.30. The number of nitrogens with one attached hydrogen (secondary N) is 1. The van der Waals surface area contributed by atoms with Crippen LogP contribution in [-0.4, -0.2) is 68.1 Å². The number of nitrogens with zero attached hydrogens (tertiary/aromatic N) is 2. The molecule has 0 radical (unpaired) electrons. The number of anilines is 1. The van der Waals surface area contributed by atoms with E-state index in [9.17, 15) is 8.42 Å². The molecule has 1 aliphatic rings. The minimum atomic E-state index is -2.94. The van der Waals surface area contributed by atoms with Crippen LogP contribution in [0.2, 0.25) is 0 Å². The smallest absolute Gasteiger partial charge is 0.173 e. The summed E-state index contributed by atoms with van der Waals surface area (Å²) in [5.41, 5.74) is 2.09. The maximum atomic E-state index is 11.9. The molecule has 1 saturated heterocycles. The molecule has 7 heteroatoms. The summed E-state index contributed by atoms with van der Waals surface area (Å²) in [6.45, 7) is 3.74. The third kappa shape index (κ3) is 5.43. The van der Waals surface area contributed by atoms with Gasteiger partial charge in [-0.1, -0.05) is 18.2 Å². The van der Waals surface area contributed by atoms with E-state index in [2.05, 4.69) is 15.1 Å². The number of para-hydroxylation sites is 1. The van der Waals surface area contributed by atoms with Crippen molar-refractivity contribution in [3.8, 4) is 0 Å². The molecule has 24 heavy (non-hydrogen) atoms. The number of hydrogen-bond donors (Lipinski definition) is 1. The summed E-state index contributed by atoms with van der Waals surface area (Å²) in [4.78, 5) is 4.19. The first-order valence-electron chi connectivity index (χ1n) is 8.27. The first kappa shape index (κ1) is 19.1. The minimum Gasteiger partial charge on any atom is -0.345 e. The van der Waals surface area contributed by atoms with Crippen LogP contribution in [-0.2, 0) is 9.84 Å². The average molecular weight is 370 g/mol. The summed E-state index contributed by atoms with van der Waals surface area (Å²) in [5, 5.41) is 3.92. The Hall–Kier alpha value is -1.18. The maximum Gasteiger partial charge on any atom is 0.173 e. The Morgan fingerprint density at radius 3 is 2.58 bits per heavy atom. The summed E-state index contributed by atoms with van der Waals surface area (Å²) in [6, 6.07) is 7.95. The van der Waals surface area contributed by atoms with Gasteiger partial charge in [0.1, 0.15) is 0 Å². The third-order valence-corrected chi connectivity index (χ3v) is 6.39. The lowest BCUT2D eigenvalue weighted by Crippen LogP contribution is -2.44. The van der Waals surface area contributed by atoms with Crippen LogP contribution in [0.4, 0.5) is 5.69 Å². The average Bonchev–Trinajstić information content (AvgIpc) is 2.85. The molecule has 5 nitrogen and oxygen atoms in total. The minimum absolute atomic E-state index is 0.0267. The molecule has 2 rings (SSSR count). The Morgan fingerprint density at radius 1 is 1.29 bits per heavy atom. The van der Waals surface area contributed by atoms with Gasteiger partial charge >= 0.3 is 0 Å². The number of hydrogen-bond acceptors (Lipinski definition) is 4. The van der Waals surface area contributed by atoms with Gasteiger partial charge in [0, 0.05) is 18.3 Å². The van der Waals surface area contributed by atoms with Gasteiger partial charge in [-0.05, 0) is 64.3 Å². The van der Waals surface area contributed by atoms with Gasteiger partial charge in [-0.2, -0.15) is 0 Å². The molecule has 1 aromatic carbocycles.